The maximum absolute atomic E-state index is 13.4. The minimum atomic E-state index is -0.668. The lowest BCUT2D eigenvalue weighted by atomic mass is 10.2. The Bertz CT molecular complexity index is 662. The first-order valence-electron chi connectivity index (χ1n) is 5.48. The van der Waals surface area contributed by atoms with Gasteiger partial charge in [-0.2, -0.15) is 5.26 Å². The van der Waals surface area contributed by atoms with Gasteiger partial charge in [0.1, 0.15) is 22.3 Å². The number of amides is 1. The zero-order valence-corrected chi connectivity index (χ0v) is 10.8. The summed E-state index contributed by atoms with van der Waals surface area (Å²) in [5.41, 5.74) is 0.534. The van der Waals surface area contributed by atoms with Gasteiger partial charge in [-0.25, -0.2) is 4.39 Å². The fourth-order valence-electron chi connectivity index (χ4n) is 1.53. The first-order valence-corrected chi connectivity index (χ1v) is 6.26. The summed E-state index contributed by atoms with van der Waals surface area (Å²) in [5.74, 6) is -1.10. The van der Waals surface area contributed by atoms with E-state index in [-0.39, 0.29) is 11.3 Å². The van der Waals surface area contributed by atoms with Crippen LogP contribution in [0.1, 0.15) is 27.9 Å². The zero-order valence-electron chi connectivity index (χ0n) is 9.98. The predicted molar refractivity (Wildman–Crippen MR) is 68.4 cm³/mol. The highest BCUT2D eigenvalue weighted by Gasteiger charge is 2.17. The molecule has 1 N–H and O–H groups in total. The monoisotopic (exact) mass is 276 g/mol. The number of benzene rings is 1. The van der Waals surface area contributed by atoms with E-state index in [0.717, 1.165) is 11.5 Å². The number of hydrogen-bond acceptors (Lipinski definition) is 5. The lowest BCUT2D eigenvalue weighted by molar-refractivity contribution is 0.102. The van der Waals surface area contributed by atoms with E-state index in [0.29, 0.717) is 17.0 Å². The Morgan fingerprint density at radius 1 is 1.58 bits per heavy atom. The fraction of sp³-hybridized carbons (Fsp3) is 0.167. The van der Waals surface area contributed by atoms with Gasteiger partial charge < -0.3 is 5.32 Å². The number of aromatic nitrogens is 2. The zero-order chi connectivity index (χ0) is 13.8. The molecule has 0 aliphatic heterocycles. The van der Waals surface area contributed by atoms with Crippen LogP contribution in [0.4, 0.5) is 10.1 Å². The van der Waals surface area contributed by atoms with Crippen molar-refractivity contribution >= 4 is 23.1 Å². The second kappa shape index (κ2) is 5.54. The van der Waals surface area contributed by atoms with Crippen LogP contribution in [0.25, 0.3) is 0 Å². The smallest absolute Gasteiger partial charge is 0.269 e. The largest absolute Gasteiger partial charge is 0.320 e. The number of halogens is 1. The molecule has 0 spiro atoms. The molecule has 1 heterocycles. The lowest BCUT2D eigenvalue weighted by Crippen LogP contribution is -2.13. The second-order valence-corrected chi connectivity index (χ2v) is 4.38. The molecule has 0 atom stereocenters. The summed E-state index contributed by atoms with van der Waals surface area (Å²) in [6.07, 6.45) is 0.577. The van der Waals surface area contributed by atoms with E-state index < -0.39 is 11.7 Å². The van der Waals surface area contributed by atoms with Gasteiger partial charge in [0, 0.05) is 0 Å². The molecule has 19 heavy (non-hydrogen) atoms. The van der Waals surface area contributed by atoms with Crippen molar-refractivity contribution in [3.63, 3.8) is 0 Å². The van der Waals surface area contributed by atoms with E-state index in [2.05, 4.69) is 14.9 Å². The van der Waals surface area contributed by atoms with E-state index in [9.17, 15) is 9.18 Å². The predicted octanol–water partition coefficient (Wildman–Crippen LogP) is 2.36. The van der Waals surface area contributed by atoms with E-state index in [1.54, 1.807) is 6.07 Å². The van der Waals surface area contributed by atoms with Crippen LogP contribution in [0.3, 0.4) is 0 Å². The van der Waals surface area contributed by atoms with Gasteiger partial charge in [-0.3, -0.25) is 4.79 Å². The van der Waals surface area contributed by atoms with E-state index >= 15 is 0 Å². The highest BCUT2D eigenvalue weighted by Crippen LogP contribution is 2.20. The van der Waals surface area contributed by atoms with Crippen molar-refractivity contribution in [1.29, 1.82) is 5.26 Å². The molecule has 0 fully saturated rings. The summed E-state index contributed by atoms with van der Waals surface area (Å²) in [6, 6.07) is 5.79. The molecule has 0 aliphatic rings. The fourth-order valence-corrected chi connectivity index (χ4v) is 2.18. The van der Waals surface area contributed by atoms with Crippen molar-refractivity contribution in [2.75, 3.05) is 5.32 Å². The van der Waals surface area contributed by atoms with Crippen molar-refractivity contribution in [2.45, 2.75) is 13.3 Å². The molecule has 96 valence electrons. The number of anilines is 1. The Labute approximate surface area is 112 Å². The van der Waals surface area contributed by atoms with E-state index in [1.807, 2.05) is 6.92 Å². The summed E-state index contributed by atoms with van der Waals surface area (Å²) in [6.45, 7) is 1.86. The molecular weight excluding hydrogens is 267 g/mol. The average molecular weight is 276 g/mol. The first-order chi connectivity index (χ1) is 9.17. The molecule has 0 aliphatic carbocycles. The third-order valence-electron chi connectivity index (χ3n) is 2.47. The standard InChI is InChI=1S/C12H9FN4OS/c1-2-9-11(19-17-16-9)12(18)15-10-5-3-4-8(13)7(10)6-14/h3-5H,2H2,1H3,(H,15,18). The maximum atomic E-state index is 13.4. The van der Waals surface area contributed by atoms with Gasteiger partial charge in [-0.15, -0.1) is 5.10 Å². The minimum absolute atomic E-state index is 0.142. The van der Waals surface area contributed by atoms with Gasteiger partial charge in [0.15, 0.2) is 0 Å². The van der Waals surface area contributed by atoms with Gasteiger partial charge in [0.2, 0.25) is 0 Å². The van der Waals surface area contributed by atoms with Crippen molar-refractivity contribution < 1.29 is 9.18 Å². The van der Waals surface area contributed by atoms with Crippen LogP contribution >= 0.6 is 11.5 Å². The number of nitrogens with one attached hydrogen (secondary N) is 1. The molecule has 1 aromatic carbocycles. The summed E-state index contributed by atoms with van der Waals surface area (Å²) in [4.78, 5) is 12.4. The van der Waals surface area contributed by atoms with Crippen LogP contribution in [0, 0.1) is 17.1 Å². The summed E-state index contributed by atoms with van der Waals surface area (Å²) < 4.78 is 17.1. The molecular formula is C12H9FN4OS. The molecule has 2 aromatic rings. The number of nitrogens with zero attached hydrogens (tertiary/aromatic N) is 3. The SMILES string of the molecule is CCc1nnsc1C(=O)Nc1cccc(F)c1C#N. The number of carbonyl (C=O) groups is 1. The summed E-state index contributed by atoms with van der Waals surface area (Å²) >= 11 is 0.969. The minimum Gasteiger partial charge on any atom is -0.320 e. The third kappa shape index (κ3) is 2.58. The molecule has 0 unspecified atom stereocenters. The van der Waals surface area contributed by atoms with Gasteiger partial charge in [0.05, 0.1) is 11.4 Å². The molecule has 0 radical (unpaired) electrons. The Morgan fingerprint density at radius 3 is 3.05 bits per heavy atom. The van der Waals surface area contributed by atoms with Gasteiger partial charge in [0.25, 0.3) is 5.91 Å². The summed E-state index contributed by atoms with van der Waals surface area (Å²) in [5, 5.41) is 15.2. The Morgan fingerprint density at radius 2 is 2.37 bits per heavy atom. The number of rotatable bonds is 3. The normalized spacial score (nSPS) is 9.95. The molecule has 0 bridgehead atoms. The van der Waals surface area contributed by atoms with Crippen molar-refractivity contribution in [3.8, 4) is 6.07 Å². The van der Waals surface area contributed by atoms with E-state index in [1.165, 1.54) is 18.2 Å². The lowest BCUT2D eigenvalue weighted by Gasteiger charge is -2.06. The summed E-state index contributed by atoms with van der Waals surface area (Å²) in [7, 11) is 0. The molecule has 5 nitrogen and oxygen atoms in total. The number of carbonyl (C=O) groups excluding carboxylic acids is 1. The highest BCUT2D eigenvalue weighted by molar-refractivity contribution is 7.08. The average Bonchev–Trinajstić information content (AvgIpc) is 2.87. The van der Waals surface area contributed by atoms with Crippen LogP contribution in [-0.4, -0.2) is 15.5 Å². The number of nitriles is 1. The highest BCUT2D eigenvalue weighted by atomic mass is 32.1. The Balaban J connectivity index is 2.30. The molecule has 1 amide bonds. The first kappa shape index (κ1) is 13.1. The van der Waals surface area contributed by atoms with Crippen LogP contribution < -0.4 is 5.32 Å². The third-order valence-corrected chi connectivity index (χ3v) is 3.24. The number of aryl methyl sites for hydroxylation is 1. The quantitative estimate of drug-likeness (QED) is 0.933. The van der Waals surface area contributed by atoms with E-state index in [4.69, 9.17) is 5.26 Å². The molecule has 2 rings (SSSR count). The molecule has 7 heteroatoms. The molecule has 0 saturated heterocycles. The topological polar surface area (TPSA) is 78.7 Å². The molecule has 0 saturated carbocycles. The van der Waals surface area contributed by atoms with Crippen LogP contribution in [-0.2, 0) is 6.42 Å². The number of hydrogen-bond donors (Lipinski definition) is 1. The van der Waals surface area contributed by atoms with Crippen LogP contribution in [0.5, 0.6) is 0 Å². The van der Waals surface area contributed by atoms with Crippen LogP contribution in [0.2, 0.25) is 0 Å². The Kier molecular flexibility index (Phi) is 3.82. The van der Waals surface area contributed by atoms with Gasteiger partial charge in [-0.1, -0.05) is 17.5 Å². The van der Waals surface area contributed by atoms with Crippen LogP contribution in [0.15, 0.2) is 18.2 Å². The van der Waals surface area contributed by atoms with Crippen molar-refractivity contribution in [2.24, 2.45) is 0 Å². The van der Waals surface area contributed by atoms with Gasteiger partial charge in [-0.05, 0) is 30.1 Å². The Hall–Kier alpha value is -2.33. The van der Waals surface area contributed by atoms with Crippen molar-refractivity contribution in [1.82, 2.24) is 9.59 Å². The maximum Gasteiger partial charge on any atom is 0.269 e. The van der Waals surface area contributed by atoms with Crippen molar-refractivity contribution in [3.05, 3.63) is 40.2 Å². The molecule has 1 aromatic heterocycles. The van der Waals surface area contributed by atoms with Gasteiger partial charge >= 0.3 is 0 Å². The second-order valence-electron chi connectivity index (χ2n) is 3.63.